The van der Waals surface area contributed by atoms with Crippen molar-refractivity contribution in [3.8, 4) is 5.69 Å². The smallest absolute Gasteiger partial charge is 0.207 e. The van der Waals surface area contributed by atoms with Gasteiger partial charge >= 0.3 is 0 Å². The number of nitrogens with zero attached hydrogens (tertiary/aromatic N) is 4. The summed E-state index contributed by atoms with van der Waals surface area (Å²) in [5.41, 5.74) is 0.648. The van der Waals surface area contributed by atoms with Gasteiger partial charge in [-0.1, -0.05) is 34.1 Å². The Kier molecular flexibility index (Phi) is 4.72. The van der Waals surface area contributed by atoms with Gasteiger partial charge in [-0.05, 0) is 60.2 Å². The van der Waals surface area contributed by atoms with Gasteiger partial charge in [0.1, 0.15) is 6.33 Å². The first kappa shape index (κ1) is 17.7. The van der Waals surface area contributed by atoms with Crippen LogP contribution in [0.1, 0.15) is 19.4 Å². The number of tetrazole rings is 1. The number of aromatic nitrogens is 4. The molecule has 0 atom stereocenters. The minimum absolute atomic E-state index is 0.144. The highest BCUT2D eigenvalue weighted by molar-refractivity contribution is 9.10. The molecule has 0 spiro atoms. The zero-order valence-electron chi connectivity index (χ0n) is 13.6. The largest absolute Gasteiger partial charge is 0.241 e. The Balaban J connectivity index is 1.91. The average molecular weight is 422 g/mol. The molecular formula is C16H16BrN5O2S. The Morgan fingerprint density at radius 3 is 2.48 bits per heavy atom. The molecule has 0 amide bonds. The van der Waals surface area contributed by atoms with Crippen LogP contribution in [0.25, 0.3) is 5.69 Å². The summed E-state index contributed by atoms with van der Waals surface area (Å²) in [6.07, 6.45) is 1.41. The van der Waals surface area contributed by atoms with Crippen LogP contribution in [-0.2, 0) is 15.6 Å². The maximum atomic E-state index is 12.8. The lowest BCUT2D eigenvalue weighted by molar-refractivity contribution is 0.472. The van der Waals surface area contributed by atoms with E-state index in [9.17, 15) is 8.42 Å². The van der Waals surface area contributed by atoms with Crippen molar-refractivity contribution in [3.63, 3.8) is 0 Å². The number of nitrogens with one attached hydrogen (secondary N) is 1. The van der Waals surface area contributed by atoms with Crippen LogP contribution in [-0.4, -0.2) is 28.6 Å². The number of benzene rings is 2. The molecule has 0 saturated heterocycles. The molecule has 25 heavy (non-hydrogen) atoms. The van der Waals surface area contributed by atoms with Gasteiger partial charge in [-0.25, -0.2) is 17.8 Å². The summed E-state index contributed by atoms with van der Waals surface area (Å²) in [5.74, 6) is 0. The minimum atomic E-state index is -3.73. The molecule has 7 nitrogen and oxygen atoms in total. The van der Waals surface area contributed by atoms with Crippen molar-refractivity contribution in [1.29, 1.82) is 0 Å². The van der Waals surface area contributed by atoms with Crippen LogP contribution in [0, 0.1) is 0 Å². The first-order valence-electron chi connectivity index (χ1n) is 7.41. The number of halogens is 1. The SMILES string of the molecule is CC(C)(NS(=O)(=O)c1cccc(-n2cnnn2)c1)c1ccc(Br)cc1. The maximum Gasteiger partial charge on any atom is 0.241 e. The molecule has 3 rings (SSSR count). The molecule has 1 N–H and O–H groups in total. The summed E-state index contributed by atoms with van der Waals surface area (Å²) < 4.78 is 30.7. The van der Waals surface area contributed by atoms with Crippen molar-refractivity contribution in [3.05, 3.63) is 64.9 Å². The third-order valence-electron chi connectivity index (χ3n) is 3.70. The van der Waals surface area contributed by atoms with E-state index in [-0.39, 0.29) is 4.90 Å². The Morgan fingerprint density at radius 2 is 1.84 bits per heavy atom. The van der Waals surface area contributed by atoms with E-state index in [2.05, 4.69) is 36.2 Å². The molecule has 9 heteroatoms. The molecule has 0 bridgehead atoms. The van der Waals surface area contributed by atoms with Crippen LogP contribution in [0.15, 0.2) is 64.2 Å². The number of sulfonamides is 1. The van der Waals surface area contributed by atoms with Crippen molar-refractivity contribution in [2.45, 2.75) is 24.3 Å². The van der Waals surface area contributed by atoms with Crippen LogP contribution in [0.4, 0.5) is 0 Å². The molecule has 0 saturated carbocycles. The second-order valence-corrected chi connectivity index (χ2v) is 8.59. The molecule has 3 aromatic rings. The fourth-order valence-corrected chi connectivity index (χ4v) is 4.10. The number of hydrogen-bond donors (Lipinski definition) is 1. The summed E-state index contributed by atoms with van der Waals surface area (Å²) >= 11 is 3.38. The summed E-state index contributed by atoms with van der Waals surface area (Å²) in [7, 11) is -3.73. The molecule has 0 aliphatic carbocycles. The van der Waals surface area contributed by atoms with Gasteiger partial charge < -0.3 is 0 Å². The van der Waals surface area contributed by atoms with Crippen LogP contribution in [0.5, 0.6) is 0 Å². The normalized spacial score (nSPS) is 12.3. The van der Waals surface area contributed by atoms with Crippen molar-refractivity contribution < 1.29 is 8.42 Å². The number of hydrogen-bond acceptors (Lipinski definition) is 5. The van der Waals surface area contributed by atoms with Gasteiger partial charge in [0.05, 0.1) is 16.1 Å². The Bertz CT molecular complexity index is 970. The highest BCUT2D eigenvalue weighted by atomic mass is 79.9. The van der Waals surface area contributed by atoms with Gasteiger partial charge in [0, 0.05) is 4.47 Å². The minimum Gasteiger partial charge on any atom is -0.207 e. The molecule has 0 unspecified atom stereocenters. The van der Waals surface area contributed by atoms with Gasteiger partial charge in [0.15, 0.2) is 0 Å². The van der Waals surface area contributed by atoms with Gasteiger partial charge in [0.2, 0.25) is 10.0 Å². The van der Waals surface area contributed by atoms with Crippen LogP contribution in [0.2, 0.25) is 0 Å². The van der Waals surface area contributed by atoms with Gasteiger partial charge in [0.25, 0.3) is 0 Å². The summed E-state index contributed by atoms with van der Waals surface area (Å²) in [6, 6.07) is 14.0. The topological polar surface area (TPSA) is 89.8 Å². The molecule has 0 fully saturated rings. The third kappa shape index (κ3) is 3.94. The van der Waals surface area contributed by atoms with Crippen molar-refractivity contribution in [2.75, 3.05) is 0 Å². The zero-order valence-corrected chi connectivity index (χ0v) is 16.0. The molecular weight excluding hydrogens is 406 g/mol. The number of rotatable bonds is 5. The quantitative estimate of drug-likeness (QED) is 0.683. The van der Waals surface area contributed by atoms with Crippen LogP contribution < -0.4 is 4.72 Å². The highest BCUT2D eigenvalue weighted by Gasteiger charge is 2.28. The van der Waals surface area contributed by atoms with E-state index in [0.29, 0.717) is 5.69 Å². The Labute approximate surface area is 154 Å². The van der Waals surface area contributed by atoms with E-state index in [1.807, 2.05) is 38.1 Å². The lowest BCUT2D eigenvalue weighted by atomic mass is 9.96. The lowest BCUT2D eigenvalue weighted by Gasteiger charge is -2.26. The van der Waals surface area contributed by atoms with Crippen LogP contribution in [0.3, 0.4) is 0 Å². The van der Waals surface area contributed by atoms with Gasteiger partial charge in [-0.2, -0.15) is 0 Å². The van der Waals surface area contributed by atoms with E-state index >= 15 is 0 Å². The second kappa shape index (κ2) is 6.66. The second-order valence-electron chi connectivity index (χ2n) is 5.99. The van der Waals surface area contributed by atoms with Gasteiger partial charge in [-0.3, -0.25) is 0 Å². The van der Waals surface area contributed by atoms with Gasteiger partial charge in [-0.15, -0.1) is 5.10 Å². The Morgan fingerprint density at radius 1 is 1.12 bits per heavy atom. The van der Waals surface area contributed by atoms with E-state index in [0.717, 1.165) is 10.0 Å². The third-order valence-corrected chi connectivity index (χ3v) is 5.88. The molecule has 1 heterocycles. The van der Waals surface area contributed by atoms with E-state index in [1.54, 1.807) is 12.1 Å². The first-order chi connectivity index (χ1) is 11.8. The molecule has 1 aromatic heterocycles. The molecule has 0 aliphatic rings. The van der Waals surface area contributed by atoms with Crippen LogP contribution >= 0.6 is 15.9 Å². The molecule has 0 aliphatic heterocycles. The predicted molar refractivity (Wildman–Crippen MR) is 96.6 cm³/mol. The van der Waals surface area contributed by atoms with E-state index < -0.39 is 15.6 Å². The maximum absolute atomic E-state index is 12.8. The van der Waals surface area contributed by atoms with Crippen molar-refractivity contribution in [2.24, 2.45) is 0 Å². The Hall–Kier alpha value is -2.10. The van der Waals surface area contributed by atoms with E-state index in [4.69, 9.17) is 0 Å². The summed E-state index contributed by atoms with van der Waals surface area (Å²) in [6.45, 7) is 3.64. The fraction of sp³-hybridized carbons (Fsp3) is 0.188. The highest BCUT2D eigenvalue weighted by Crippen LogP contribution is 2.25. The summed E-state index contributed by atoms with van der Waals surface area (Å²) in [4.78, 5) is 0.144. The van der Waals surface area contributed by atoms with Crippen molar-refractivity contribution in [1.82, 2.24) is 24.9 Å². The standard InChI is InChI=1S/C16H16BrN5O2S/c1-16(2,12-6-8-13(17)9-7-12)19-25(23,24)15-5-3-4-14(10-15)22-11-18-20-21-22/h3-11,19H,1-2H3. The monoisotopic (exact) mass is 421 g/mol. The average Bonchev–Trinajstić information content (AvgIpc) is 3.09. The summed E-state index contributed by atoms with van der Waals surface area (Å²) in [5, 5.41) is 10.9. The lowest BCUT2D eigenvalue weighted by Crippen LogP contribution is -2.40. The first-order valence-corrected chi connectivity index (χ1v) is 9.69. The fourth-order valence-electron chi connectivity index (χ4n) is 2.39. The molecule has 130 valence electrons. The predicted octanol–water partition coefficient (Wildman–Crippen LogP) is 2.64. The van der Waals surface area contributed by atoms with E-state index in [1.165, 1.54) is 23.1 Å². The molecule has 2 aromatic carbocycles. The molecule has 0 radical (unpaired) electrons. The van der Waals surface area contributed by atoms with Crippen molar-refractivity contribution >= 4 is 26.0 Å². The zero-order chi connectivity index (χ0) is 18.1.